The number of carbonyl (C=O) groups is 1. The van der Waals surface area contributed by atoms with Crippen molar-refractivity contribution in [1.29, 1.82) is 0 Å². The topological polar surface area (TPSA) is 88.5 Å². The maximum Gasteiger partial charge on any atom is 0.247 e. The zero-order chi connectivity index (χ0) is 13.8. The van der Waals surface area contributed by atoms with E-state index < -0.39 is 12.0 Å². The molecular weight excluding hydrogens is 288 g/mol. The molecule has 0 aliphatic heterocycles. The summed E-state index contributed by atoms with van der Waals surface area (Å²) in [4.78, 5) is 11.8. The van der Waals surface area contributed by atoms with E-state index in [2.05, 4.69) is 5.32 Å². The Bertz CT molecular complexity index is 541. The first kappa shape index (κ1) is 14.1. The number of nitrogens with two attached hydrogens (primary N) is 1. The van der Waals surface area contributed by atoms with Crippen LogP contribution in [0.25, 0.3) is 0 Å². The Morgan fingerprint density at radius 1 is 1.53 bits per heavy atom. The lowest BCUT2D eigenvalue weighted by molar-refractivity contribution is -0.125. The predicted octanol–water partition coefficient (Wildman–Crippen LogP) is 1.52. The van der Waals surface area contributed by atoms with Gasteiger partial charge in [0.25, 0.3) is 0 Å². The van der Waals surface area contributed by atoms with E-state index in [-0.39, 0.29) is 12.6 Å². The number of hydrogen-bond donors (Lipinski definition) is 3. The first-order valence-corrected chi connectivity index (χ1v) is 6.77. The Morgan fingerprint density at radius 2 is 2.32 bits per heavy atom. The Kier molecular flexibility index (Phi) is 4.60. The summed E-state index contributed by atoms with van der Waals surface area (Å²) in [5.74, 6) is -0.0925. The second-order valence-corrected chi connectivity index (χ2v) is 5.66. The summed E-state index contributed by atoms with van der Waals surface area (Å²) in [5.41, 5.74) is 5.01. The van der Waals surface area contributed by atoms with Crippen LogP contribution in [0, 0.1) is 0 Å². The third kappa shape index (κ3) is 3.57. The van der Waals surface area contributed by atoms with E-state index in [0.717, 1.165) is 4.88 Å². The van der Waals surface area contributed by atoms with Crippen LogP contribution in [0.1, 0.15) is 16.7 Å². The average Bonchev–Trinajstić information content (AvgIpc) is 3.01. The predicted molar refractivity (Wildman–Crippen MR) is 73.1 cm³/mol. The lowest BCUT2D eigenvalue weighted by atomic mass is 10.1. The fourth-order valence-electron chi connectivity index (χ4n) is 1.61. The fourth-order valence-corrected chi connectivity index (χ4v) is 2.76. The number of aliphatic hydroxyl groups is 1. The van der Waals surface area contributed by atoms with Gasteiger partial charge in [-0.3, -0.25) is 10.1 Å². The molecular formula is C12H13ClN2O3S. The molecule has 0 saturated heterocycles. The molecule has 0 aliphatic rings. The van der Waals surface area contributed by atoms with Crippen LogP contribution in [-0.2, 0) is 4.79 Å². The lowest BCUT2D eigenvalue weighted by Crippen LogP contribution is -2.39. The van der Waals surface area contributed by atoms with Crippen LogP contribution in [0.15, 0.2) is 34.9 Å². The number of primary amides is 1. The lowest BCUT2D eigenvalue weighted by Gasteiger charge is -2.16. The minimum absolute atomic E-state index is 0.0379. The van der Waals surface area contributed by atoms with Crippen LogP contribution in [-0.4, -0.2) is 23.7 Å². The van der Waals surface area contributed by atoms with Crippen molar-refractivity contribution < 1.29 is 14.3 Å². The van der Waals surface area contributed by atoms with E-state index in [1.165, 1.54) is 11.3 Å². The number of amides is 1. The summed E-state index contributed by atoms with van der Waals surface area (Å²) < 4.78 is 6.01. The standard InChI is InChI=1S/C12H13ClN2O3S/c13-10-4-3-9(19-10)11(8-2-1-5-18-8)15-6-7(16)12(14)17/h1-5,7,11,15-16H,6H2,(H2,14,17). The Hall–Kier alpha value is -1.34. The largest absolute Gasteiger partial charge is 0.467 e. The number of carbonyl (C=O) groups excluding carboxylic acids is 1. The van der Waals surface area contributed by atoms with Crippen molar-refractivity contribution in [3.8, 4) is 0 Å². The molecule has 0 aliphatic carbocycles. The smallest absolute Gasteiger partial charge is 0.247 e. The van der Waals surface area contributed by atoms with Gasteiger partial charge in [-0.15, -0.1) is 11.3 Å². The average molecular weight is 301 g/mol. The van der Waals surface area contributed by atoms with E-state index in [0.29, 0.717) is 10.1 Å². The van der Waals surface area contributed by atoms with E-state index in [4.69, 9.17) is 21.8 Å². The molecule has 0 saturated carbocycles. The zero-order valence-electron chi connectivity index (χ0n) is 9.88. The third-order valence-corrected chi connectivity index (χ3v) is 3.85. The molecule has 0 radical (unpaired) electrons. The van der Waals surface area contributed by atoms with Crippen LogP contribution in [0.4, 0.5) is 0 Å². The van der Waals surface area contributed by atoms with Gasteiger partial charge in [0.05, 0.1) is 10.6 Å². The van der Waals surface area contributed by atoms with Gasteiger partial charge in [-0.25, -0.2) is 0 Å². The third-order valence-electron chi connectivity index (χ3n) is 2.55. The van der Waals surface area contributed by atoms with Crippen molar-refractivity contribution in [1.82, 2.24) is 5.32 Å². The Balaban J connectivity index is 2.14. The molecule has 1 amide bonds. The number of thiophene rings is 1. The molecule has 2 atom stereocenters. The Morgan fingerprint density at radius 3 is 2.84 bits per heavy atom. The number of furan rings is 1. The van der Waals surface area contributed by atoms with Crippen LogP contribution < -0.4 is 11.1 Å². The van der Waals surface area contributed by atoms with E-state index in [1.807, 2.05) is 12.1 Å². The Labute approximate surface area is 119 Å². The summed E-state index contributed by atoms with van der Waals surface area (Å²) >= 11 is 7.31. The van der Waals surface area contributed by atoms with Crippen LogP contribution in [0.3, 0.4) is 0 Å². The SMILES string of the molecule is NC(=O)C(O)CNC(c1ccco1)c1ccc(Cl)s1. The van der Waals surface area contributed by atoms with Gasteiger partial charge in [-0.05, 0) is 24.3 Å². The summed E-state index contributed by atoms with van der Waals surface area (Å²) in [6.45, 7) is 0.0379. The second-order valence-electron chi connectivity index (χ2n) is 3.92. The number of nitrogens with one attached hydrogen (secondary N) is 1. The van der Waals surface area contributed by atoms with Crippen molar-refractivity contribution in [2.75, 3.05) is 6.54 Å². The highest BCUT2D eigenvalue weighted by Crippen LogP contribution is 2.31. The summed E-state index contributed by atoms with van der Waals surface area (Å²) in [7, 11) is 0. The molecule has 0 bridgehead atoms. The summed E-state index contributed by atoms with van der Waals surface area (Å²) in [6.07, 6.45) is 0.317. The second kappa shape index (κ2) is 6.21. The molecule has 0 spiro atoms. The quantitative estimate of drug-likeness (QED) is 0.754. The van der Waals surface area contributed by atoms with Crippen molar-refractivity contribution in [2.45, 2.75) is 12.1 Å². The summed E-state index contributed by atoms with van der Waals surface area (Å²) in [5, 5.41) is 12.5. The van der Waals surface area contributed by atoms with Crippen molar-refractivity contribution in [2.24, 2.45) is 5.73 Å². The van der Waals surface area contributed by atoms with Gasteiger partial charge >= 0.3 is 0 Å². The van der Waals surface area contributed by atoms with Crippen LogP contribution >= 0.6 is 22.9 Å². The molecule has 5 nitrogen and oxygen atoms in total. The van der Waals surface area contributed by atoms with Crippen LogP contribution in [0.2, 0.25) is 4.34 Å². The molecule has 0 fully saturated rings. The number of rotatable bonds is 6. The molecule has 0 aromatic carbocycles. The van der Waals surface area contributed by atoms with E-state index in [1.54, 1.807) is 18.4 Å². The maximum absolute atomic E-state index is 10.8. The number of aliphatic hydroxyl groups excluding tert-OH is 1. The number of halogens is 1. The molecule has 2 heterocycles. The number of hydrogen-bond acceptors (Lipinski definition) is 5. The van der Waals surface area contributed by atoms with Gasteiger partial charge in [0.2, 0.25) is 5.91 Å². The maximum atomic E-state index is 10.8. The minimum Gasteiger partial charge on any atom is -0.467 e. The van der Waals surface area contributed by atoms with Crippen molar-refractivity contribution in [3.05, 3.63) is 45.5 Å². The van der Waals surface area contributed by atoms with Gasteiger partial charge < -0.3 is 15.3 Å². The molecule has 102 valence electrons. The van der Waals surface area contributed by atoms with Gasteiger partial charge in [0.1, 0.15) is 17.9 Å². The van der Waals surface area contributed by atoms with Crippen LogP contribution in [0.5, 0.6) is 0 Å². The first-order valence-electron chi connectivity index (χ1n) is 5.57. The van der Waals surface area contributed by atoms with Gasteiger partial charge in [-0.2, -0.15) is 0 Å². The minimum atomic E-state index is -1.24. The van der Waals surface area contributed by atoms with Crippen molar-refractivity contribution in [3.63, 3.8) is 0 Å². The fraction of sp³-hybridized carbons (Fsp3) is 0.250. The highest BCUT2D eigenvalue weighted by Gasteiger charge is 2.21. The van der Waals surface area contributed by atoms with E-state index in [9.17, 15) is 9.90 Å². The molecule has 19 heavy (non-hydrogen) atoms. The molecule has 4 N–H and O–H groups in total. The molecule has 7 heteroatoms. The summed E-state index contributed by atoms with van der Waals surface area (Å²) in [6, 6.07) is 6.95. The molecule has 2 rings (SSSR count). The normalized spacial score (nSPS) is 14.2. The van der Waals surface area contributed by atoms with Crippen molar-refractivity contribution >= 4 is 28.8 Å². The monoisotopic (exact) mass is 300 g/mol. The molecule has 2 aromatic heterocycles. The highest BCUT2D eigenvalue weighted by atomic mass is 35.5. The molecule has 2 unspecified atom stereocenters. The first-order chi connectivity index (χ1) is 9.08. The van der Waals surface area contributed by atoms with Gasteiger partial charge in [0.15, 0.2) is 0 Å². The molecule has 2 aromatic rings. The van der Waals surface area contributed by atoms with Gasteiger partial charge in [-0.1, -0.05) is 11.6 Å². The van der Waals surface area contributed by atoms with Gasteiger partial charge in [0, 0.05) is 11.4 Å². The zero-order valence-corrected chi connectivity index (χ0v) is 11.4. The highest BCUT2D eigenvalue weighted by molar-refractivity contribution is 7.16. The van der Waals surface area contributed by atoms with E-state index >= 15 is 0 Å².